The normalized spacial score (nSPS) is 22.9. The monoisotopic (exact) mass is 414 g/mol. The number of aromatic nitrogens is 1. The van der Waals surface area contributed by atoms with E-state index in [0.29, 0.717) is 31.2 Å². The highest BCUT2D eigenvalue weighted by Gasteiger charge is 2.58. The molecule has 0 saturated carbocycles. The number of benzene rings is 2. The minimum absolute atomic E-state index is 0.00289. The molecule has 1 spiro atoms. The van der Waals surface area contributed by atoms with Gasteiger partial charge in [0, 0.05) is 54.1 Å². The maximum Gasteiger partial charge on any atom is 0.251 e. The number of nitrogens with zero attached hydrogens (tertiary/aromatic N) is 2. The minimum Gasteiger partial charge on any atom is -0.351 e. The Balaban J connectivity index is 1.66. The lowest BCUT2D eigenvalue weighted by Crippen LogP contribution is -2.56. The van der Waals surface area contributed by atoms with Gasteiger partial charge in [-0.25, -0.2) is 0 Å². The summed E-state index contributed by atoms with van der Waals surface area (Å²) in [4.78, 5) is 33.0. The number of anilines is 1. The van der Waals surface area contributed by atoms with Gasteiger partial charge in [-0.1, -0.05) is 56.3 Å². The van der Waals surface area contributed by atoms with Crippen LogP contribution in [0.1, 0.15) is 29.8 Å². The third-order valence-corrected chi connectivity index (χ3v) is 6.62. The molecule has 2 aliphatic rings. The van der Waals surface area contributed by atoms with E-state index in [4.69, 9.17) is 0 Å². The molecule has 31 heavy (non-hydrogen) atoms. The molecule has 2 aliphatic heterocycles. The fourth-order valence-corrected chi connectivity index (χ4v) is 5.05. The highest BCUT2D eigenvalue weighted by atomic mass is 16.2. The average Bonchev–Trinajstić information content (AvgIpc) is 3.07. The van der Waals surface area contributed by atoms with E-state index in [1.165, 1.54) is 0 Å². The van der Waals surface area contributed by atoms with Gasteiger partial charge in [0.15, 0.2) is 0 Å². The Bertz CT molecular complexity index is 1170. The van der Waals surface area contributed by atoms with Gasteiger partial charge in [-0.05, 0) is 11.6 Å². The molecule has 2 N–H and O–H groups in total. The van der Waals surface area contributed by atoms with Crippen molar-refractivity contribution in [2.24, 2.45) is 5.92 Å². The first-order valence-electron chi connectivity index (χ1n) is 10.8. The summed E-state index contributed by atoms with van der Waals surface area (Å²) >= 11 is 0. The summed E-state index contributed by atoms with van der Waals surface area (Å²) < 4.78 is 0. The van der Waals surface area contributed by atoms with Crippen LogP contribution >= 0.6 is 0 Å². The van der Waals surface area contributed by atoms with Gasteiger partial charge in [0.2, 0.25) is 5.91 Å². The van der Waals surface area contributed by atoms with Crippen molar-refractivity contribution in [1.29, 1.82) is 0 Å². The molecule has 0 radical (unpaired) electrons. The molecular weight excluding hydrogens is 388 g/mol. The van der Waals surface area contributed by atoms with Gasteiger partial charge < -0.3 is 15.5 Å². The van der Waals surface area contributed by atoms with E-state index >= 15 is 0 Å². The van der Waals surface area contributed by atoms with Crippen molar-refractivity contribution in [2.45, 2.75) is 25.3 Å². The lowest BCUT2D eigenvalue weighted by atomic mass is 9.68. The quantitative estimate of drug-likeness (QED) is 0.689. The number of pyridine rings is 1. The SMILES string of the molecule is CC(C)NCC1CN(c2cncc3ccccc23)C(=O)C12CNC(=O)c1ccccc12. The fraction of sp³-hybridized carbons (Fsp3) is 0.320. The van der Waals surface area contributed by atoms with Crippen molar-refractivity contribution in [3.8, 4) is 0 Å². The molecule has 1 aromatic heterocycles. The van der Waals surface area contributed by atoms with Gasteiger partial charge in [0.1, 0.15) is 0 Å². The first-order valence-corrected chi connectivity index (χ1v) is 10.8. The van der Waals surface area contributed by atoms with E-state index in [1.807, 2.05) is 59.6 Å². The van der Waals surface area contributed by atoms with Crippen LogP contribution in [0.15, 0.2) is 60.9 Å². The number of nitrogens with one attached hydrogen (secondary N) is 2. The van der Waals surface area contributed by atoms with Gasteiger partial charge in [-0.2, -0.15) is 0 Å². The average molecular weight is 415 g/mol. The van der Waals surface area contributed by atoms with Crippen molar-refractivity contribution in [3.05, 3.63) is 72.1 Å². The Morgan fingerprint density at radius 2 is 1.90 bits per heavy atom. The molecule has 3 heterocycles. The van der Waals surface area contributed by atoms with Crippen LogP contribution in [0.25, 0.3) is 10.8 Å². The molecule has 0 bridgehead atoms. The van der Waals surface area contributed by atoms with E-state index in [9.17, 15) is 9.59 Å². The highest BCUT2D eigenvalue weighted by molar-refractivity contribution is 6.12. The zero-order valence-corrected chi connectivity index (χ0v) is 17.8. The second-order valence-electron chi connectivity index (χ2n) is 8.76. The summed E-state index contributed by atoms with van der Waals surface area (Å²) in [5.41, 5.74) is 1.44. The molecule has 2 amide bonds. The summed E-state index contributed by atoms with van der Waals surface area (Å²) in [5.74, 6) is -0.0911. The summed E-state index contributed by atoms with van der Waals surface area (Å²) in [5, 5.41) is 8.53. The number of hydrogen-bond donors (Lipinski definition) is 2. The highest BCUT2D eigenvalue weighted by Crippen LogP contribution is 2.45. The number of rotatable bonds is 4. The van der Waals surface area contributed by atoms with Crippen molar-refractivity contribution in [1.82, 2.24) is 15.6 Å². The topological polar surface area (TPSA) is 74.3 Å². The molecule has 1 saturated heterocycles. The van der Waals surface area contributed by atoms with Gasteiger partial charge in [0.25, 0.3) is 5.91 Å². The number of carbonyl (C=O) groups excluding carboxylic acids is 2. The van der Waals surface area contributed by atoms with E-state index in [2.05, 4.69) is 29.5 Å². The zero-order chi connectivity index (χ0) is 21.6. The predicted octanol–water partition coefficient (Wildman–Crippen LogP) is 2.88. The Morgan fingerprint density at radius 3 is 2.74 bits per heavy atom. The fourth-order valence-electron chi connectivity index (χ4n) is 5.05. The molecule has 2 unspecified atom stereocenters. The van der Waals surface area contributed by atoms with Crippen LogP contribution < -0.4 is 15.5 Å². The van der Waals surface area contributed by atoms with Gasteiger partial charge in [0.05, 0.1) is 17.3 Å². The van der Waals surface area contributed by atoms with E-state index in [-0.39, 0.29) is 17.7 Å². The summed E-state index contributed by atoms with van der Waals surface area (Å²) in [6.45, 7) is 5.76. The van der Waals surface area contributed by atoms with Crippen molar-refractivity contribution in [3.63, 3.8) is 0 Å². The van der Waals surface area contributed by atoms with Crippen molar-refractivity contribution < 1.29 is 9.59 Å². The van der Waals surface area contributed by atoms with Crippen molar-refractivity contribution in [2.75, 3.05) is 24.5 Å². The number of amides is 2. The van der Waals surface area contributed by atoms with Gasteiger partial charge in [-0.15, -0.1) is 0 Å². The Labute approximate surface area is 181 Å². The maximum atomic E-state index is 14.2. The Kier molecular flexibility index (Phi) is 4.74. The molecular formula is C25H26N4O2. The number of fused-ring (bicyclic) bond motifs is 3. The van der Waals surface area contributed by atoms with Crippen LogP contribution in [0.4, 0.5) is 5.69 Å². The Morgan fingerprint density at radius 1 is 1.13 bits per heavy atom. The molecule has 2 aromatic carbocycles. The Hall–Kier alpha value is -3.25. The summed E-state index contributed by atoms with van der Waals surface area (Å²) in [6.07, 6.45) is 3.60. The van der Waals surface area contributed by atoms with E-state index in [1.54, 1.807) is 6.20 Å². The summed E-state index contributed by atoms with van der Waals surface area (Å²) in [6, 6.07) is 15.8. The van der Waals surface area contributed by atoms with E-state index < -0.39 is 5.41 Å². The molecule has 5 rings (SSSR count). The third kappa shape index (κ3) is 3.01. The molecule has 1 fully saturated rings. The van der Waals surface area contributed by atoms with Gasteiger partial charge >= 0.3 is 0 Å². The smallest absolute Gasteiger partial charge is 0.251 e. The van der Waals surface area contributed by atoms with Crippen LogP contribution in [0.3, 0.4) is 0 Å². The molecule has 158 valence electrons. The second-order valence-corrected chi connectivity index (χ2v) is 8.76. The maximum absolute atomic E-state index is 14.2. The standard InChI is InChI=1S/C25H26N4O2/c1-16(2)27-12-18-14-29(22-13-26-11-17-7-3-4-8-19(17)22)24(31)25(18)15-28-23(30)20-9-5-6-10-21(20)25/h3-11,13,16,18,27H,12,14-15H2,1-2H3,(H,28,30). The number of carbonyl (C=O) groups is 2. The van der Waals surface area contributed by atoms with Crippen LogP contribution in [0.2, 0.25) is 0 Å². The molecule has 6 nitrogen and oxygen atoms in total. The molecule has 0 aliphatic carbocycles. The molecule has 6 heteroatoms. The first kappa shape index (κ1) is 19.7. The minimum atomic E-state index is -0.802. The van der Waals surface area contributed by atoms with Crippen LogP contribution in [-0.4, -0.2) is 42.5 Å². The zero-order valence-electron chi connectivity index (χ0n) is 17.8. The first-order chi connectivity index (χ1) is 15.0. The second kappa shape index (κ2) is 7.46. The van der Waals surface area contributed by atoms with E-state index in [0.717, 1.165) is 22.0 Å². The van der Waals surface area contributed by atoms with Crippen molar-refractivity contribution >= 4 is 28.3 Å². The van der Waals surface area contributed by atoms with Crippen LogP contribution in [0, 0.1) is 5.92 Å². The van der Waals surface area contributed by atoms with Crippen LogP contribution in [-0.2, 0) is 10.2 Å². The number of hydrogen-bond acceptors (Lipinski definition) is 4. The lowest BCUT2D eigenvalue weighted by molar-refractivity contribution is -0.122. The molecule has 3 aromatic rings. The summed E-state index contributed by atoms with van der Waals surface area (Å²) in [7, 11) is 0. The van der Waals surface area contributed by atoms with Crippen LogP contribution in [0.5, 0.6) is 0 Å². The largest absolute Gasteiger partial charge is 0.351 e. The molecule has 2 atom stereocenters. The third-order valence-electron chi connectivity index (χ3n) is 6.62. The van der Waals surface area contributed by atoms with Gasteiger partial charge in [-0.3, -0.25) is 14.6 Å². The lowest BCUT2D eigenvalue weighted by Gasteiger charge is -2.38. The predicted molar refractivity (Wildman–Crippen MR) is 121 cm³/mol.